The fourth-order valence-electron chi connectivity index (χ4n) is 7.30. The molecular formula is C21H32O3. The van der Waals surface area contributed by atoms with Crippen LogP contribution in [-0.4, -0.2) is 28.2 Å². The maximum atomic E-state index is 12.6. The highest BCUT2D eigenvalue weighted by molar-refractivity contribution is 5.84. The Kier molecular flexibility index (Phi) is 3.78. The van der Waals surface area contributed by atoms with Crippen molar-refractivity contribution in [1.29, 1.82) is 0 Å². The molecule has 0 saturated heterocycles. The molecule has 0 aromatic carbocycles. The van der Waals surface area contributed by atoms with Crippen LogP contribution in [-0.2, 0) is 4.79 Å². The van der Waals surface area contributed by atoms with Crippen molar-refractivity contribution in [3.8, 4) is 0 Å². The lowest BCUT2D eigenvalue weighted by Gasteiger charge is -2.58. The Morgan fingerprint density at radius 3 is 2.62 bits per heavy atom. The fraction of sp³-hybridized carbons (Fsp3) is 0.857. The van der Waals surface area contributed by atoms with Crippen molar-refractivity contribution in [2.24, 2.45) is 34.5 Å². The van der Waals surface area contributed by atoms with E-state index in [9.17, 15) is 15.0 Å². The first-order valence-electron chi connectivity index (χ1n) is 9.92. The van der Waals surface area contributed by atoms with Gasteiger partial charge in [-0.2, -0.15) is 0 Å². The summed E-state index contributed by atoms with van der Waals surface area (Å²) in [5.74, 6) is 2.37. The highest BCUT2D eigenvalue weighted by Crippen LogP contribution is 2.65. The van der Waals surface area contributed by atoms with Gasteiger partial charge in [-0.25, -0.2) is 0 Å². The summed E-state index contributed by atoms with van der Waals surface area (Å²) in [6.45, 7) is 6.84. The van der Waals surface area contributed by atoms with Crippen molar-refractivity contribution in [3.05, 3.63) is 11.6 Å². The number of hydrogen-bond donors (Lipinski definition) is 2. The van der Waals surface area contributed by atoms with Crippen molar-refractivity contribution in [2.75, 3.05) is 0 Å². The first-order valence-corrected chi connectivity index (χ1v) is 9.92. The Morgan fingerprint density at radius 2 is 1.92 bits per heavy atom. The zero-order valence-electron chi connectivity index (χ0n) is 15.3. The van der Waals surface area contributed by atoms with Crippen LogP contribution in [0.1, 0.15) is 65.7 Å². The van der Waals surface area contributed by atoms with Gasteiger partial charge in [0.15, 0.2) is 0 Å². The number of carbonyl (C=O) groups excluding carboxylic acids is 1. The first kappa shape index (κ1) is 16.8. The third-order valence-corrected chi connectivity index (χ3v) is 8.62. The molecule has 0 amide bonds. The highest BCUT2D eigenvalue weighted by atomic mass is 16.3. The average molecular weight is 332 g/mol. The standard InChI is InChI=1S/C21H32O3/c1-4-13-18(23)11-16-12-5-6-15-19(24)17(22)8-10-21(15,3)14(12)7-9-20(13,16)2/h6,12-14,16-17,19,22,24H,4-5,7-11H2,1-3H3/t12-,13+,14+,16+,17+,19-,20-,21-/m1/s1. The molecule has 3 nitrogen and oxygen atoms in total. The van der Waals surface area contributed by atoms with Gasteiger partial charge in [0.05, 0.1) is 6.10 Å². The third kappa shape index (κ3) is 2.00. The molecule has 0 aromatic rings. The summed E-state index contributed by atoms with van der Waals surface area (Å²) >= 11 is 0. The van der Waals surface area contributed by atoms with Crippen molar-refractivity contribution in [1.82, 2.24) is 0 Å². The monoisotopic (exact) mass is 332 g/mol. The number of fused-ring (bicyclic) bond motifs is 5. The summed E-state index contributed by atoms with van der Waals surface area (Å²) in [5, 5.41) is 20.6. The van der Waals surface area contributed by atoms with Crippen LogP contribution >= 0.6 is 0 Å². The van der Waals surface area contributed by atoms with E-state index in [0.717, 1.165) is 44.1 Å². The second kappa shape index (κ2) is 5.41. The number of Topliss-reactive ketones (excluding diaryl/α,β-unsaturated/α-hetero) is 1. The number of aliphatic hydroxyl groups is 2. The van der Waals surface area contributed by atoms with Gasteiger partial charge in [-0.1, -0.05) is 26.8 Å². The van der Waals surface area contributed by atoms with Crippen LogP contribution in [0.25, 0.3) is 0 Å². The number of rotatable bonds is 1. The number of allylic oxidation sites excluding steroid dienone is 1. The van der Waals surface area contributed by atoms with Crippen LogP contribution < -0.4 is 0 Å². The Labute approximate surface area is 145 Å². The van der Waals surface area contributed by atoms with Crippen molar-refractivity contribution >= 4 is 5.78 Å². The zero-order valence-corrected chi connectivity index (χ0v) is 15.3. The quantitative estimate of drug-likeness (QED) is 0.723. The summed E-state index contributed by atoms with van der Waals surface area (Å²) in [6.07, 6.45) is 7.62. The molecule has 0 spiro atoms. The molecule has 3 heteroatoms. The van der Waals surface area contributed by atoms with E-state index in [2.05, 4.69) is 26.8 Å². The van der Waals surface area contributed by atoms with Gasteiger partial charge >= 0.3 is 0 Å². The van der Waals surface area contributed by atoms with Crippen molar-refractivity contribution < 1.29 is 15.0 Å². The summed E-state index contributed by atoms with van der Waals surface area (Å²) < 4.78 is 0. The molecular weight excluding hydrogens is 300 g/mol. The van der Waals surface area contributed by atoms with Gasteiger partial charge in [0.2, 0.25) is 0 Å². The first-order chi connectivity index (χ1) is 11.3. The van der Waals surface area contributed by atoms with Crippen LogP contribution in [0.5, 0.6) is 0 Å². The second-order valence-electron chi connectivity index (χ2n) is 9.42. The topological polar surface area (TPSA) is 57.5 Å². The van der Waals surface area contributed by atoms with Gasteiger partial charge in [-0.3, -0.25) is 4.79 Å². The maximum absolute atomic E-state index is 12.6. The molecule has 0 unspecified atom stereocenters. The van der Waals surface area contributed by atoms with Crippen molar-refractivity contribution in [3.63, 3.8) is 0 Å². The van der Waals surface area contributed by atoms with Gasteiger partial charge in [0, 0.05) is 12.3 Å². The minimum Gasteiger partial charge on any atom is -0.390 e. The summed E-state index contributed by atoms with van der Waals surface area (Å²) in [4.78, 5) is 12.6. The molecule has 8 atom stereocenters. The van der Waals surface area contributed by atoms with E-state index >= 15 is 0 Å². The third-order valence-electron chi connectivity index (χ3n) is 8.62. The van der Waals surface area contributed by atoms with Gasteiger partial charge in [-0.05, 0) is 72.7 Å². The maximum Gasteiger partial charge on any atom is 0.136 e. The summed E-state index contributed by atoms with van der Waals surface area (Å²) in [5.41, 5.74) is 1.28. The predicted octanol–water partition coefficient (Wildman–Crippen LogP) is 3.49. The molecule has 4 aliphatic carbocycles. The molecule has 0 radical (unpaired) electrons. The predicted molar refractivity (Wildman–Crippen MR) is 93.3 cm³/mol. The van der Waals surface area contributed by atoms with Gasteiger partial charge < -0.3 is 10.2 Å². The SMILES string of the molecule is CC[C@H]1C(=O)C[C@H]2[C@@H]3CC=C4[C@@H](O)[C@@H](O)CC[C@]4(C)[C@H]3CC[C@]12C. The lowest BCUT2D eigenvalue weighted by atomic mass is 9.47. The van der Waals surface area contributed by atoms with Crippen molar-refractivity contribution in [2.45, 2.75) is 77.9 Å². The Bertz CT molecular complexity index is 582. The minimum absolute atomic E-state index is 0.0102. The van der Waals surface area contributed by atoms with E-state index < -0.39 is 12.2 Å². The normalized spacial score (nSPS) is 53.9. The van der Waals surface area contributed by atoms with E-state index in [1.54, 1.807) is 0 Å². The van der Waals surface area contributed by atoms with Crippen LogP contribution in [0.2, 0.25) is 0 Å². The molecule has 4 rings (SSSR count). The number of carbonyl (C=O) groups is 1. The Morgan fingerprint density at radius 1 is 1.17 bits per heavy atom. The fourth-order valence-corrected chi connectivity index (χ4v) is 7.30. The summed E-state index contributed by atoms with van der Waals surface area (Å²) in [7, 11) is 0. The van der Waals surface area contributed by atoms with Crippen LogP contribution in [0.3, 0.4) is 0 Å². The molecule has 0 aliphatic heterocycles. The van der Waals surface area contributed by atoms with E-state index in [1.807, 2.05) is 0 Å². The molecule has 3 fully saturated rings. The zero-order chi connectivity index (χ0) is 17.3. The van der Waals surface area contributed by atoms with Gasteiger partial charge in [0.25, 0.3) is 0 Å². The molecule has 0 heterocycles. The molecule has 134 valence electrons. The summed E-state index contributed by atoms with van der Waals surface area (Å²) in [6, 6.07) is 0. The number of hydrogen-bond acceptors (Lipinski definition) is 3. The Hall–Kier alpha value is -0.670. The Balaban J connectivity index is 1.70. The van der Waals surface area contributed by atoms with Gasteiger partial charge in [0.1, 0.15) is 11.9 Å². The van der Waals surface area contributed by atoms with E-state index in [0.29, 0.717) is 30.0 Å². The lowest BCUT2D eigenvalue weighted by Crippen LogP contribution is -2.53. The highest BCUT2D eigenvalue weighted by Gasteiger charge is 2.61. The van der Waals surface area contributed by atoms with Gasteiger partial charge in [-0.15, -0.1) is 0 Å². The molecule has 24 heavy (non-hydrogen) atoms. The van der Waals surface area contributed by atoms with Crippen LogP contribution in [0, 0.1) is 34.5 Å². The molecule has 0 aromatic heterocycles. The largest absolute Gasteiger partial charge is 0.390 e. The molecule has 0 bridgehead atoms. The van der Waals surface area contributed by atoms with E-state index in [1.165, 1.54) is 0 Å². The molecule has 4 aliphatic rings. The van der Waals surface area contributed by atoms with E-state index in [-0.39, 0.29) is 16.7 Å². The number of aliphatic hydroxyl groups excluding tert-OH is 2. The average Bonchev–Trinajstić information content (AvgIpc) is 2.81. The number of ketones is 1. The van der Waals surface area contributed by atoms with Crippen LogP contribution in [0.4, 0.5) is 0 Å². The van der Waals surface area contributed by atoms with Crippen LogP contribution in [0.15, 0.2) is 11.6 Å². The molecule has 3 saturated carbocycles. The smallest absolute Gasteiger partial charge is 0.136 e. The minimum atomic E-state index is -0.688. The lowest BCUT2D eigenvalue weighted by molar-refractivity contribution is -0.122. The van der Waals surface area contributed by atoms with E-state index in [4.69, 9.17) is 0 Å². The molecule has 2 N–H and O–H groups in total. The second-order valence-corrected chi connectivity index (χ2v) is 9.42.